The van der Waals surface area contributed by atoms with Gasteiger partial charge in [-0.1, -0.05) is 36.9 Å². The molecule has 1 aromatic carbocycles. The topological polar surface area (TPSA) is 91.7 Å². The zero-order valence-corrected chi connectivity index (χ0v) is 10.4. The molecule has 19 heavy (non-hydrogen) atoms. The minimum absolute atomic E-state index is 0.227. The molecule has 0 radical (unpaired) electrons. The smallest absolute Gasteiger partial charge is 0.332 e. The maximum atomic E-state index is 11.6. The van der Waals surface area contributed by atoms with E-state index in [0.29, 0.717) is 0 Å². The molecule has 0 spiro atoms. The lowest BCUT2D eigenvalue weighted by molar-refractivity contribution is -0.147. The van der Waals surface area contributed by atoms with Crippen LogP contribution in [0.25, 0.3) is 0 Å². The van der Waals surface area contributed by atoms with Crippen LogP contribution >= 0.6 is 0 Å². The van der Waals surface area contributed by atoms with Crippen LogP contribution in [0.5, 0.6) is 0 Å². The van der Waals surface area contributed by atoms with Crippen LogP contribution in [0.3, 0.4) is 0 Å². The van der Waals surface area contributed by atoms with Gasteiger partial charge in [-0.25, -0.2) is 4.79 Å². The summed E-state index contributed by atoms with van der Waals surface area (Å²) in [7, 11) is 0. The van der Waals surface area contributed by atoms with Gasteiger partial charge in [0, 0.05) is 6.42 Å². The Hall–Kier alpha value is -2.43. The van der Waals surface area contributed by atoms with Gasteiger partial charge in [0.25, 0.3) is 0 Å². The van der Waals surface area contributed by atoms with E-state index in [-0.39, 0.29) is 5.56 Å². The number of hydrogen-bond donors (Lipinski definition) is 2. The summed E-state index contributed by atoms with van der Waals surface area (Å²) >= 11 is 0. The number of ketones is 1. The number of hydrogen-bond acceptors (Lipinski definition) is 3. The second-order valence-electron chi connectivity index (χ2n) is 4.24. The third-order valence-electron chi connectivity index (χ3n) is 2.92. The van der Waals surface area contributed by atoms with E-state index in [4.69, 9.17) is 5.11 Å². The monoisotopic (exact) mass is 262 g/mol. The maximum Gasteiger partial charge on any atom is 0.332 e. The van der Waals surface area contributed by atoms with Crippen LogP contribution in [0.4, 0.5) is 0 Å². The third-order valence-corrected chi connectivity index (χ3v) is 2.92. The van der Waals surface area contributed by atoms with Crippen LogP contribution in [0, 0.1) is 0 Å². The number of aliphatic carboxylic acids is 2. The Morgan fingerprint density at radius 2 is 1.68 bits per heavy atom. The molecule has 0 heterocycles. The Morgan fingerprint density at radius 3 is 2.05 bits per heavy atom. The molecule has 0 aliphatic carbocycles. The number of carbonyl (C=O) groups excluding carboxylic acids is 1. The summed E-state index contributed by atoms with van der Waals surface area (Å²) in [6.45, 7) is 4.56. The number of Topliss-reactive ketones (excluding diaryl/α,β-unsaturated/α-hetero) is 1. The van der Waals surface area contributed by atoms with E-state index < -0.39 is 35.1 Å². The summed E-state index contributed by atoms with van der Waals surface area (Å²) in [4.78, 5) is 34.1. The van der Waals surface area contributed by atoms with Gasteiger partial charge >= 0.3 is 11.9 Å². The lowest BCUT2D eigenvalue weighted by Gasteiger charge is -2.29. The number of carbonyl (C=O) groups is 3. The number of carboxylic acid groups (broad SMARTS) is 2. The highest BCUT2D eigenvalue weighted by Crippen LogP contribution is 2.36. The summed E-state index contributed by atoms with van der Waals surface area (Å²) < 4.78 is 0. The van der Waals surface area contributed by atoms with Crippen molar-refractivity contribution in [3.8, 4) is 0 Å². The molecular weight excluding hydrogens is 248 g/mol. The van der Waals surface area contributed by atoms with E-state index >= 15 is 0 Å². The maximum absolute atomic E-state index is 11.6. The molecule has 1 rings (SSSR count). The number of carboxylic acids is 2. The third kappa shape index (κ3) is 2.70. The van der Waals surface area contributed by atoms with Crippen molar-refractivity contribution < 1.29 is 24.6 Å². The van der Waals surface area contributed by atoms with Gasteiger partial charge in [0.1, 0.15) is 11.2 Å². The molecule has 100 valence electrons. The second-order valence-corrected chi connectivity index (χ2v) is 4.24. The van der Waals surface area contributed by atoms with E-state index in [0.717, 1.165) is 0 Å². The molecule has 1 aromatic rings. The van der Waals surface area contributed by atoms with E-state index in [1.807, 2.05) is 0 Å². The molecule has 1 atom stereocenters. The fourth-order valence-electron chi connectivity index (χ4n) is 1.99. The number of rotatable bonds is 6. The van der Waals surface area contributed by atoms with Crippen molar-refractivity contribution in [1.29, 1.82) is 0 Å². The number of benzene rings is 1. The van der Waals surface area contributed by atoms with E-state index in [2.05, 4.69) is 6.58 Å². The molecule has 0 aliphatic rings. The predicted molar refractivity (Wildman–Crippen MR) is 67.8 cm³/mol. The first-order valence-electron chi connectivity index (χ1n) is 5.53. The largest absolute Gasteiger partial charge is 0.480 e. The molecule has 2 N–H and O–H groups in total. The molecule has 0 bridgehead atoms. The van der Waals surface area contributed by atoms with Crippen molar-refractivity contribution in [2.75, 3.05) is 0 Å². The SMILES string of the molecule is C=C(C(=O)O)C(CC(C)=O)(C(=O)O)c1ccccc1. The van der Waals surface area contributed by atoms with Crippen LogP contribution in [-0.2, 0) is 19.8 Å². The zero-order chi connectivity index (χ0) is 14.6. The molecule has 5 heteroatoms. The van der Waals surface area contributed by atoms with E-state index in [1.54, 1.807) is 18.2 Å². The average molecular weight is 262 g/mol. The normalized spacial score (nSPS) is 13.3. The lowest BCUT2D eigenvalue weighted by Crippen LogP contribution is -2.41. The average Bonchev–Trinajstić information content (AvgIpc) is 2.35. The first-order valence-corrected chi connectivity index (χ1v) is 5.53. The highest BCUT2D eigenvalue weighted by Gasteiger charge is 2.46. The van der Waals surface area contributed by atoms with Gasteiger partial charge < -0.3 is 10.2 Å². The van der Waals surface area contributed by atoms with Crippen LogP contribution in [0.2, 0.25) is 0 Å². The van der Waals surface area contributed by atoms with Crippen molar-refractivity contribution in [1.82, 2.24) is 0 Å². The van der Waals surface area contributed by atoms with E-state index in [9.17, 15) is 19.5 Å². The van der Waals surface area contributed by atoms with Gasteiger partial charge in [0.05, 0.1) is 5.57 Å². The Labute approximate surface area is 110 Å². The molecule has 0 aromatic heterocycles. The molecule has 0 saturated carbocycles. The summed E-state index contributed by atoms with van der Waals surface area (Å²) in [5.41, 5.74) is -2.23. The second kappa shape index (κ2) is 5.48. The van der Waals surface area contributed by atoms with Crippen molar-refractivity contribution in [3.05, 3.63) is 48.0 Å². The lowest BCUT2D eigenvalue weighted by atomic mass is 9.71. The van der Waals surface area contributed by atoms with Crippen molar-refractivity contribution in [3.63, 3.8) is 0 Å². The molecular formula is C14H14O5. The van der Waals surface area contributed by atoms with Crippen LogP contribution < -0.4 is 0 Å². The van der Waals surface area contributed by atoms with E-state index in [1.165, 1.54) is 19.1 Å². The highest BCUT2D eigenvalue weighted by atomic mass is 16.4. The highest BCUT2D eigenvalue weighted by molar-refractivity contribution is 6.03. The molecule has 0 amide bonds. The van der Waals surface area contributed by atoms with Crippen LogP contribution in [-0.4, -0.2) is 27.9 Å². The minimum Gasteiger partial charge on any atom is -0.480 e. The standard InChI is InChI=1S/C14H14O5/c1-9(15)8-14(13(18)19,10(2)12(16)17)11-6-4-3-5-7-11/h3-7H,2,8H2,1H3,(H,16,17)(H,18,19). The quantitative estimate of drug-likeness (QED) is 0.760. The summed E-state index contributed by atoms with van der Waals surface area (Å²) in [5, 5.41) is 18.5. The van der Waals surface area contributed by atoms with Gasteiger partial charge in [-0.3, -0.25) is 9.59 Å². The summed E-state index contributed by atoms with van der Waals surface area (Å²) in [6.07, 6.45) is -0.447. The van der Waals surface area contributed by atoms with Crippen molar-refractivity contribution in [2.24, 2.45) is 0 Å². The zero-order valence-electron chi connectivity index (χ0n) is 10.4. The van der Waals surface area contributed by atoms with Gasteiger partial charge in [-0.05, 0) is 12.5 Å². The molecule has 5 nitrogen and oxygen atoms in total. The van der Waals surface area contributed by atoms with Gasteiger partial charge in [-0.15, -0.1) is 0 Å². The summed E-state index contributed by atoms with van der Waals surface area (Å²) in [6, 6.07) is 7.80. The first-order chi connectivity index (χ1) is 8.82. The Bertz CT molecular complexity index is 532. The van der Waals surface area contributed by atoms with Crippen LogP contribution in [0.1, 0.15) is 18.9 Å². The van der Waals surface area contributed by atoms with Crippen LogP contribution in [0.15, 0.2) is 42.5 Å². The molecule has 0 fully saturated rings. The predicted octanol–water partition coefficient (Wildman–Crippen LogP) is 1.63. The first kappa shape index (κ1) is 14.6. The van der Waals surface area contributed by atoms with Crippen molar-refractivity contribution >= 4 is 17.7 Å². The molecule has 0 aliphatic heterocycles. The van der Waals surface area contributed by atoms with Crippen molar-refractivity contribution in [2.45, 2.75) is 18.8 Å². The summed E-state index contributed by atoms with van der Waals surface area (Å²) in [5.74, 6) is -3.26. The fourth-order valence-corrected chi connectivity index (χ4v) is 1.99. The Balaban J connectivity index is 3.53. The molecule has 0 saturated heterocycles. The van der Waals surface area contributed by atoms with Gasteiger partial charge in [0.2, 0.25) is 0 Å². The fraction of sp³-hybridized carbons (Fsp3) is 0.214. The Kier molecular flexibility index (Phi) is 4.22. The Morgan fingerprint density at radius 1 is 1.16 bits per heavy atom. The van der Waals surface area contributed by atoms with Gasteiger partial charge in [-0.2, -0.15) is 0 Å². The molecule has 1 unspecified atom stereocenters. The minimum atomic E-state index is -1.93. The van der Waals surface area contributed by atoms with Gasteiger partial charge in [0.15, 0.2) is 0 Å².